The van der Waals surface area contributed by atoms with E-state index in [1.807, 2.05) is 12.1 Å². The van der Waals surface area contributed by atoms with Gasteiger partial charge in [0.1, 0.15) is 5.82 Å². The van der Waals surface area contributed by atoms with Gasteiger partial charge in [-0.2, -0.15) is 9.61 Å². The molecule has 23 heavy (non-hydrogen) atoms. The van der Waals surface area contributed by atoms with Crippen molar-refractivity contribution in [2.24, 2.45) is 0 Å². The van der Waals surface area contributed by atoms with Gasteiger partial charge >= 0.3 is 0 Å². The summed E-state index contributed by atoms with van der Waals surface area (Å²) in [7, 11) is 0. The summed E-state index contributed by atoms with van der Waals surface area (Å²) in [4.78, 5) is 12.5. The van der Waals surface area contributed by atoms with Crippen molar-refractivity contribution in [3.63, 3.8) is 0 Å². The Hall–Kier alpha value is -3.35. The first kappa shape index (κ1) is 13.3. The van der Waals surface area contributed by atoms with Gasteiger partial charge in [-0.05, 0) is 42.5 Å². The molecule has 7 heteroatoms. The molecule has 0 amide bonds. The Kier molecular flexibility index (Phi) is 3.16. The molecule has 4 aromatic rings. The van der Waals surface area contributed by atoms with Crippen LogP contribution in [0.5, 0.6) is 0 Å². The summed E-state index contributed by atoms with van der Waals surface area (Å²) in [6.07, 6.45) is 4.96. The first-order valence-corrected chi connectivity index (χ1v) is 6.94. The van der Waals surface area contributed by atoms with Crippen LogP contribution in [-0.4, -0.2) is 24.6 Å². The van der Waals surface area contributed by atoms with Gasteiger partial charge in [-0.25, -0.2) is 19.3 Å². The lowest BCUT2D eigenvalue weighted by molar-refractivity contribution is 0.628. The zero-order valence-corrected chi connectivity index (χ0v) is 11.9. The molecular formula is C16H11FN6. The highest BCUT2D eigenvalue weighted by Crippen LogP contribution is 2.20. The Morgan fingerprint density at radius 1 is 0.913 bits per heavy atom. The average molecular weight is 306 g/mol. The number of halogens is 1. The average Bonchev–Trinajstić information content (AvgIpc) is 2.99. The monoisotopic (exact) mass is 306 g/mol. The van der Waals surface area contributed by atoms with Crippen LogP contribution in [0.2, 0.25) is 0 Å². The van der Waals surface area contributed by atoms with E-state index in [0.717, 1.165) is 5.56 Å². The third-order valence-electron chi connectivity index (χ3n) is 3.31. The minimum Gasteiger partial charge on any atom is -0.307 e. The van der Waals surface area contributed by atoms with E-state index in [2.05, 4.69) is 25.4 Å². The molecule has 0 aliphatic heterocycles. The second-order valence-corrected chi connectivity index (χ2v) is 4.84. The van der Waals surface area contributed by atoms with Gasteiger partial charge in [-0.1, -0.05) is 0 Å². The zero-order chi connectivity index (χ0) is 15.6. The molecular weight excluding hydrogens is 295 g/mol. The summed E-state index contributed by atoms with van der Waals surface area (Å²) >= 11 is 0. The predicted octanol–water partition coefficient (Wildman–Crippen LogP) is 3.07. The number of nitrogens with zero attached hydrogens (tertiary/aromatic N) is 5. The standard InChI is InChI=1S/C16H11FN6/c17-12-4-2-11(3-5-12)13-6-7-14-20-10-15(23(14)22-13)21-16-18-8-1-9-19-16/h1-10H,(H,18,19,21). The fourth-order valence-corrected chi connectivity index (χ4v) is 2.21. The highest BCUT2D eigenvalue weighted by Gasteiger charge is 2.08. The Morgan fingerprint density at radius 3 is 2.48 bits per heavy atom. The van der Waals surface area contributed by atoms with E-state index in [1.165, 1.54) is 12.1 Å². The number of hydrogen-bond donors (Lipinski definition) is 1. The Balaban J connectivity index is 1.75. The van der Waals surface area contributed by atoms with Crippen LogP contribution in [0.4, 0.5) is 16.2 Å². The van der Waals surface area contributed by atoms with Gasteiger partial charge in [0.25, 0.3) is 0 Å². The molecule has 1 N–H and O–H groups in total. The summed E-state index contributed by atoms with van der Waals surface area (Å²) in [6, 6.07) is 11.6. The SMILES string of the molecule is Fc1ccc(-c2ccc3ncc(Nc4ncccn4)n3n2)cc1. The van der Waals surface area contributed by atoms with Gasteiger partial charge in [0.2, 0.25) is 5.95 Å². The van der Waals surface area contributed by atoms with Crippen molar-refractivity contribution in [3.8, 4) is 11.3 Å². The number of hydrogen-bond acceptors (Lipinski definition) is 5. The topological polar surface area (TPSA) is 68.0 Å². The van der Waals surface area contributed by atoms with E-state index in [4.69, 9.17) is 0 Å². The molecule has 0 radical (unpaired) electrons. The molecule has 0 saturated carbocycles. The molecule has 0 aliphatic carbocycles. The van der Waals surface area contributed by atoms with Gasteiger partial charge in [0.15, 0.2) is 11.5 Å². The first-order chi connectivity index (χ1) is 11.3. The molecule has 6 nitrogen and oxygen atoms in total. The van der Waals surface area contributed by atoms with E-state index in [1.54, 1.807) is 41.3 Å². The van der Waals surface area contributed by atoms with Crippen LogP contribution in [0.1, 0.15) is 0 Å². The maximum atomic E-state index is 13.1. The van der Waals surface area contributed by atoms with Crippen molar-refractivity contribution in [1.82, 2.24) is 24.6 Å². The molecule has 0 aliphatic rings. The van der Waals surface area contributed by atoms with E-state index in [-0.39, 0.29) is 5.82 Å². The minimum atomic E-state index is -0.277. The van der Waals surface area contributed by atoms with Crippen molar-refractivity contribution in [1.29, 1.82) is 0 Å². The summed E-state index contributed by atoms with van der Waals surface area (Å²) in [5.74, 6) is 0.833. The fourth-order valence-electron chi connectivity index (χ4n) is 2.21. The number of anilines is 2. The van der Waals surface area contributed by atoms with E-state index >= 15 is 0 Å². The Morgan fingerprint density at radius 2 is 1.70 bits per heavy atom. The number of imidazole rings is 1. The smallest absolute Gasteiger partial charge is 0.228 e. The lowest BCUT2D eigenvalue weighted by atomic mass is 10.1. The van der Waals surface area contributed by atoms with E-state index in [0.29, 0.717) is 23.1 Å². The number of benzene rings is 1. The Labute approximate surface area is 130 Å². The van der Waals surface area contributed by atoms with Crippen LogP contribution in [0.15, 0.2) is 61.1 Å². The van der Waals surface area contributed by atoms with Crippen molar-refractivity contribution in [2.75, 3.05) is 5.32 Å². The molecule has 3 heterocycles. The van der Waals surface area contributed by atoms with Gasteiger partial charge in [-0.3, -0.25) is 0 Å². The minimum absolute atomic E-state index is 0.277. The number of nitrogens with one attached hydrogen (secondary N) is 1. The van der Waals surface area contributed by atoms with E-state index in [9.17, 15) is 4.39 Å². The summed E-state index contributed by atoms with van der Waals surface area (Å²) in [6.45, 7) is 0. The molecule has 0 bridgehead atoms. The summed E-state index contributed by atoms with van der Waals surface area (Å²) < 4.78 is 14.7. The predicted molar refractivity (Wildman–Crippen MR) is 83.7 cm³/mol. The maximum Gasteiger partial charge on any atom is 0.228 e. The maximum absolute atomic E-state index is 13.1. The van der Waals surface area contributed by atoms with Gasteiger partial charge in [-0.15, -0.1) is 0 Å². The lowest BCUT2D eigenvalue weighted by Crippen LogP contribution is -2.02. The van der Waals surface area contributed by atoms with Crippen LogP contribution >= 0.6 is 0 Å². The zero-order valence-electron chi connectivity index (χ0n) is 11.9. The van der Waals surface area contributed by atoms with Crippen molar-refractivity contribution in [3.05, 3.63) is 66.9 Å². The van der Waals surface area contributed by atoms with Gasteiger partial charge < -0.3 is 5.32 Å². The third-order valence-corrected chi connectivity index (χ3v) is 3.31. The molecule has 0 fully saturated rings. The van der Waals surface area contributed by atoms with Gasteiger partial charge in [0, 0.05) is 18.0 Å². The van der Waals surface area contributed by atoms with Crippen molar-refractivity contribution < 1.29 is 4.39 Å². The van der Waals surface area contributed by atoms with Gasteiger partial charge in [0.05, 0.1) is 11.9 Å². The molecule has 1 aromatic carbocycles. The van der Waals surface area contributed by atoms with Crippen LogP contribution in [0, 0.1) is 5.82 Å². The number of rotatable bonds is 3. The molecule has 112 valence electrons. The van der Waals surface area contributed by atoms with Crippen LogP contribution in [0.3, 0.4) is 0 Å². The highest BCUT2D eigenvalue weighted by atomic mass is 19.1. The third kappa shape index (κ3) is 2.59. The summed E-state index contributed by atoms with van der Waals surface area (Å²) in [5.41, 5.74) is 2.23. The molecule has 0 spiro atoms. The molecule has 3 aromatic heterocycles. The van der Waals surface area contributed by atoms with Crippen LogP contribution in [0.25, 0.3) is 16.9 Å². The second kappa shape index (κ2) is 5.45. The molecule has 0 saturated heterocycles. The fraction of sp³-hybridized carbons (Fsp3) is 0. The van der Waals surface area contributed by atoms with E-state index < -0.39 is 0 Å². The molecule has 0 unspecified atom stereocenters. The quantitative estimate of drug-likeness (QED) is 0.630. The second-order valence-electron chi connectivity index (χ2n) is 4.84. The summed E-state index contributed by atoms with van der Waals surface area (Å²) in [5, 5.41) is 7.62. The largest absolute Gasteiger partial charge is 0.307 e. The molecule has 0 atom stereocenters. The Bertz CT molecular complexity index is 949. The number of fused-ring (bicyclic) bond motifs is 1. The van der Waals surface area contributed by atoms with Crippen LogP contribution in [-0.2, 0) is 0 Å². The van der Waals surface area contributed by atoms with Crippen molar-refractivity contribution in [2.45, 2.75) is 0 Å². The highest BCUT2D eigenvalue weighted by molar-refractivity contribution is 5.62. The van der Waals surface area contributed by atoms with Crippen molar-refractivity contribution >= 4 is 17.4 Å². The molecule has 4 rings (SSSR count). The first-order valence-electron chi connectivity index (χ1n) is 6.94. The lowest BCUT2D eigenvalue weighted by Gasteiger charge is -2.05. The normalized spacial score (nSPS) is 10.8. The van der Waals surface area contributed by atoms with Crippen LogP contribution < -0.4 is 5.32 Å². The number of aromatic nitrogens is 5.